The maximum absolute atomic E-state index is 6.33. The molecule has 8 nitrogen and oxygen atoms in total. The van der Waals surface area contributed by atoms with Crippen LogP contribution in [0.3, 0.4) is 0 Å². The third-order valence-electron chi connectivity index (χ3n) is 6.30. The van der Waals surface area contributed by atoms with Crippen molar-refractivity contribution in [3.63, 3.8) is 0 Å². The van der Waals surface area contributed by atoms with Crippen molar-refractivity contribution in [2.75, 3.05) is 25.6 Å². The van der Waals surface area contributed by atoms with Crippen molar-refractivity contribution in [1.29, 1.82) is 0 Å². The zero-order chi connectivity index (χ0) is 22.7. The summed E-state index contributed by atoms with van der Waals surface area (Å²) in [6.07, 6.45) is 5.61. The van der Waals surface area contributed by atoms with E-state index in [2.05, 4.69) is 29.0 Å². The van der Waals surface area contributed by atoms with Gasteiger partial charge in [0, 0.05) is 34.8 Å². The molecule has 4 N–H and O–H groups in total. The number of benzene rings is 1. The summed E-state index contributed by atoms with van der Waals surface area (Å²) in [5, 5.41) is 4.54. The number of nitrogens with zero attached hydrogens (tertiary/aromatic N) is 3. The molecule has 2 aliphatic carbocycles. The van der Waals surface area contributed by atoms with Crippen LogP contribution in [0.25, 0.3) is 11.3 Å². The lowest BCUT2D eigenvalue weighted by Crippen LogP contribution is -2.36. The number of rotatable bonds is 7. The second-order valence-electron chi connectivity index (χ2n) is 8.94. The van der Waals surface area contributed by atoms with Crippen LogP contribution in [0.5, 0.6) is 5.75 Å². The minimum atomic E-state index is -0.546. The van der Waals surface area contributed by atoms with Crippen LogP contribution < -0.4 is 16.2 Å². The number of nitrogen functional groups attached to an aromatic ring is 1. The Kier molecular flexibility index (Phi) is 6.62. The summed E-state index contributed by atoms with van der Waals surface area (Å²) < 4.78 is 11.7. The molecule has 1 aromatic carbocycles. The highest BCUT2D eigenvalue weighted by atomic mass is 16.6. The number of nitrogens with two attached hydrogens (primary N) is 2. The summed E-state index contributed by atoms with van der Waals surface area (Å²) >= 11 is 0. The molecule has 0 radical (unpaired) electrons. The number of oxime groups is 1. The van der Waals surface area contributed by atoms with Crippen LogP contribution in [-0.4, -0.2) is 47.6 Å². The van der Waals surface area contributed by atoms with Crippen LogP contribution >= 0.6 is 0 Å². The summed E-state index contributed by atoms with van der Waals surface area (Å²) in [5.41, 5.74) is 16.1. The standard InChI is InChI=1S/C24H33N5O3/c1-4-30-11-12-31-29-22-19-13-17(32-16-7-5-15(25)6-8-16)9-10-18(19)21-20(24(22,2)3)23(26)28-14-27-21/h9-10,13-16H,4-8,11-12,25H2,1-3H3,(H2,26,27,28)/b29-22+. The van der Waals surface area contributed by atoms with E-state index in [0.717, 1.165) is 59.5 Å². The van der Waals surface area contributed by atoms with Gasteiger partial charge in [-0.2, -0.15) is 0 Å². The van der Waals surface area contributed by atoms with E-state index < -0.39 is 5.41 Å². The molecule has 1 heterocycles. The molecular weight excluding hydrogens is 406 g/mol. The van der Waals surface area contributed by atoms with Crippen LogP contribution in [0.2, 0.25) is 0 Å². The molecular formula is C24H33N5O3. The average Bonchev–Trinajstić information content (AvgIpc) is 2.77. The Morgan fingerprint density at radius 1 is 1.09 bits per heavy atom. The summed E-state index contributed by atoms with van der Waals surface area (Å²) in [7, 11) is 0. The van der Waals surface area contributed by atoms with E-state index in [-0.39, 0.29) is 12.1 Å². The molecule has 1 fully saturated rings. The molecule has 0 bridgehead atoms. The summed E-state index contributed by atoms with van der Waals surface area (Å²) in [5.74, 6) is 1.26. The first kappa shape index (κ1) is 22.5. The number of hydrogen-bond donors (Lipinski definition) is 2. The number of hydrogen-bond acceptors (Lipinski definition) is 8. The molecule has 2 aliphatic rings. The summed E-state index contributed by atoms with van der Waals surface area (Å²) in [4.78, 5) is 14.4. The van der Waals surface area contributed by atoms with Crippen molar-refractivity contribution in [1.82, 2.24) is 9.97 Å². The van der Waals surface area contributed by atoms with Gasteiger partial charge in [-0.3, -0.25) is 0 Å². The SMILES string of the molecule is CCOCCO/N=C1\c2cc(OC3CCC(N)CC3)ccc2-c2ncnc(N)c2C1(C)C. The smallest absolute Gasteiger partial charge is 0.140 e. The van der Waals surface area contributed by atoms with Crippen molar-refractivity contribution < 1.29 is 14.3 Å². The normalized spacial score (nSPS) is 22.8. The Morgan fingerprint density at radius 2 is 1.88 bits per heavy atom. The number of fused-ring (bicyclic) bond motifs is 3. The monoisotopic (exact) mass is 439 g/mol. The first-order valence-corrected chi connectivity index (χ1v) is 11.4. The van der Waals surface area contributed by atoms with E-state index in [4.69, 9.17) is 25.8 Å². The molecule has 4 rings (SSSR count). The highest BCUT2D eigenvalue weighted by Crippen LogP contribution is 2.45. The molecule has 2 aromatic rings. The van der Waals surface area contributed by atoms with Gasteiger partial charge in [-0.25, -0.2) is 9.97 Å². The van der Waals surface area contributed by atoms with Crippen LogP contribution in [-0.2, 0) is 15.0 Å². The fourth-order valence-electron chi connectivity index (χ4n) is 4.59. The van der Waals surface area contributed by atoms with Gasteiger partial charge in [0.2, 0.25) is 0 Å². The third kappa shape index (κ3) is 4.42. The Hall–Kier alpha value is -2.71. The first-order valence-electron chi connectivity index (χ1n) is 11.4. The van der Waals surface area contributed by atoms with E-state index in [0.29, 0.717) is 25.6 Å². The third-order valence-corrected chi connectivity index (χ3v) is 6.30. The maximum Gasteiger partial charge on any atom is 0.140 e. The zero-order valence-electron chi connectivity index (χ0n) is 19.1. The van der Waals surface area contributed by atoms with Crippen LogP contribution in [0.4, 0.5) is 5.82 Å². The van der Waals surface area contributed by atoms with E-state index in [1.54, 1.807) is 0 Å². The second kappa shape index (κ2) is 9.42. The Morgan fingerprint density at radius 3 is 2.62 bits per heavy atom. The van der Waals surface area contributed by atoms with Crippen molar-refractivity contribution >= 4 is 11.5 Å². The minimum absolute atomic E-state index is 0.178. The highest BCUT2D eigenvalue weighted by molar-refractivity contribution is 6.15. The molecule has 0 atom stereocenters. The van der Waals surface area contributed by atoms with Gasteiger partial charge in [-0.15, -0.1) is 0 Å². The number of aromatic nitrogens is 2. The molecule has 172 valence electrons. The van der Waals surface area contributed by atoms with Gasteiger partial charge >= 0.3 is 0 Å². The van der Waals surface area contributed by atoms with Crippen LogP contribution in [0.1, 0.15) is 57.6 Å². The van der Waals surface area contributed by atoms with Gasteiger partial charge in [0.1, 0.15) is 24.5 Å². The summed E-state index contributed by atoms with van der Waals surface area (Å²) in [6.45, 7) is 7.57. The van der Waals surface area contributed by atoms with Crippen molar-refractivity contribution in [2.24, 2.45) is 10.9 Å². The second-order valence-corrected chi connectivity index (χ2v) is 8.94. The van der Waals surface area contributed by atoms with E-state index >= 15 is 0 Å². The van der Waals surface area contributed by atoms with Gasteiger partial charge in [0.05, 0.1) is 24.1 Å². The molecule has 8 heteroatoms. The fraction of sp³-hybridized carbons (Fsp3) is 0.542. The quantitative estimate of drug-likeness (QED) is 0.501. The zero-order valence-corrected chi connectivity index (χ0v) is 19.1. The first-order chi connectivity index (χ1) is 15.4. The topological polar surface area (TPSA) is 118 Å². The van der Waals surface area contributed by atoms with E-state index in [1.165, 1.54) is 6.33 Å². The highest BCUT2D eigenvalue weighted by Gasteiger charge is 2.41. The lowest BCUT2D eigenvalue weighted by atomic mass is 9.70. The number of ether oxygens (including phenoxy) is 2. The average molecular weight is 440 g/mol. The van der Waals surface area contributed by atoms with E-state index in [1.807, 2.05) is 25.1 Å². The molecule has 0 unspecified atom stereocenters. The Labute approximate surface area is 189 Å². The van der Waals surface area contributed by atoms with Gasteiger partial charge in [0.15, 0.2) is 0 Å². The van der Waals surface area contributed by atoms with Gasteiger partial charge in [0.25, 0.3) is 0 Å². The molecule has 1 saturated carbocycles. The van der Waals surface area contributed by atoms with Gasteiger partial charge in [-0.1, -0.05) is 5.16 Å². The minimum Gasteiger partial charge on any atom is -0.490 e. The lowest BCUT2D eigenvalue weighted by Gasteiger charge is -2.35. The summed E-state index contributed by atoms with van der Waals surface area (Å²) in [6, 6.07) is 6.34. The van der Waals surface area contributed by atoms with Gasteiger partial charge in [-0.05, 0) is 64.7 Å². The predicted molar refractivity (Wildman–Crippen MR) is 125 cm³/mol. The molecule has 0 spiro atoms. The Bertz CT molecular complexity index is 984. The van der Waals surface area contributed by atoms with Crippen molar-refractivity contribution in [3.05, 3.63) is 35.7 Å². The largest absolute Gasteiger partial charge is 0.490 e. The molecule has 0 amide bonds. The molecule has 0 aliphatic heterocycles. The fourth-order valence-corrected chi connectivity index (χ4v) is 4.59. The molecule has 0 saturated heterocycles. The molecule has 32 heavy (non-hydrogen) atoms. The van der Waals surface area contributed by atoms with Crippen molar-refractivity contribution in [2.45, 2.75) is 64.0 Å². The van der Waals surface area contributed by atoms with Gasteiger partial charge < -0.3 is 25.8 Å². The van der Waals surface area contributed by atoms with Crippen molar-refractivity contribution in [3.8, 4) is 17.0 Å². The van der Waals surface area contributed by atoms with Crippen LogP contribution in [0.15, 0.2) is 29.7 Å². The number of anilines is 1. The lowest BCUT2D eigenvalue weighted by molar-refractivity contribution is 0.0555. The Balaban J connectivity index is 1.71. The molecule has 1 aromatic heterocycles. The predicted octanol–water partition coefficient (Wildman–Crippen LogP) is 3.42. The maximum atomic E-state index is 6.33. The van der Waals surface area contributed by atoms with Crippen LogP contribution in [0, 0.1) is 0 Å². The van der Waals surface area contributed by atoms with E-state index in [9.17, 15) is 0 Å².